The molecule has 0 fully saturated rings. The van der Waals surface area contributed by atoms with E-state index in [0.29, 0.717) is 0 Å². The molecule has 0 N–H and O–H groups in total. The summed E-state index contributed by atoms with van der Waals surface area (Å²) >= 11 is 0. The Morgan fingerprint density at radius 2 is 0.903 bits per heavy atom. The first-order valence-corrected chi connectivity index (χ1v) is 20.9. The molecule has 10 aromatic carbocycles. The zero-order valence-corrected chi connectivity index (χ0v) is 33.5. The molecule has 292 valence electrons. The Morgan fingerprint density at radius 3 is 1.66 bits per heavy atom. The van der Waals surface area contributed by atoms with Gasteiger partial charge in [-0.25, -0.2) is 4.39 Å². The van der Waals surface area contributed by atoms with Crippen molar-refractivity contribution >= 4 is 49.6 Å². The minimum atomic E-state index is -0.240. The first-order chi connectivity index (χ1) is 30.6. The average molecular weight is 797 g/mol. The van der Waals surface area contributed by atoms with Crippen molar-refractivity contribution in [3.63, 3.8) is 0 Å². The molecule has 0 atom stereocenters. The van der Waals surface area contributed by atoms with Gasteiger partial charge in [-0.15, -0.1) is 0 Å². The lowest BCUT2D eigenvalue weighted by Gasteiger charge is -2.26. The number of rotatable bonds is 7. The fraction of sp³-hybridized carbons (Fsp3) is 0. The number of halogens is 1. The van der Waals surface area contributed by atoms with E-state index in [1.54, 1.807) is 0 Å². The molecule has 62 heavy (non-hydrogen) atoms. The monoisotopic (exact) mass is 796 g/mol. The predicted molar refractivity (Wildman–Crippen MR) is 255 cm³/mol. The van der Waals surface area contributed by atoms with Gasteiger partial charge in [-0.1, -0.05) is 133 Å². The van der Waals surface area contributed by atoms with Gasteiger partial charge >= 0.3 is 0 Å². The van der Waals surface area contributed by atoms with Gasteiger partial charge in [-0.2, -0.15) is 0 Å². The van der Waals surface area contributed by atoms with Crippen molar-refractivity contribution in [1.82, 2.24) is 4.57 Å². The Kier molecular flexibility index (Phi) is 8.36. The highest BCUT2D eigenvalue weighted by Gasteiger charge is 2.22. The molecular formula is C58H37FN2O. The SMILES string of the molecule is Fc1ccc(-n2c3ccccc3c3cc(-c4ccc(-c5ccc(N(c6ccccc6)c6ccc(-c7ccc8c9c(cccc79)Oc7ccccc7-8)cc6)cc5)cc4)ccc32)cc1. The van der Waals surface area contributed by atoms with Gasteiger partial charge < -0.3 is 14.2 Å². The molecule has 0 radical (unpaired) electrons. The molecule has 0 aliphatic carbocycles. The van der Waals surface area contributed by atoms with E-state index in [0.717, 1.165) is 89.4 Å². The number of anilines is 3. The van der Waals surface area contributed by atoms with Crippen LogP contribution < -0.4 is 9.64 Å². The van der Waals surface area contributed by atoms with Crippen LogP contribution in [0.2, 0.25) is 0 Å². The van der Waals surface area contributed by atoms with Crippen molar-refractivity contribution in [3.05, 3.63) is 230 Å². The fourth-order valence-electron chi connectivity index (χ4n) is 9.32. The van der Waals surface area contributed by atoms with Crippen LogP contribution in [0.3, 0.4) is 0 Å². The molecule has 11 aromatic rings. The van der Waals surface area contributed by atoms with Gasteiger partial charge in [0.2, 0.25) is 0 Å². The topological polar surface area (TPSA) is 17.4 Å². The summed E-state index contributed by atoms with van der Waals surface area (Å²) in [5.74, 6) is 1.55. The minimum absolute atomic E-state index is 0.240. The first-order valence-electron chi connectivity index (χ1n) is 20.9. The molecule has 0 spiro atoms. The average Bonchev–Trinajstić information content (AvgIpc) is 3.67. The molecule has 3 nitrogen and oxygen atoms in total. The van der Waals surface area contributed by atoms with Crippen LogP contribution in [0, 0.1) is 5.82 Å². The molecule has 2 heterocycles. The molecule has 1 aliphatic rings. The highest BCUT2D eigenvalue weighted by Crippen LogP contribution is 2.49. The second kappa shape index (κ2) is 14.5. The summed E-state index contributed by atoms with van der Waals surface area (Å²) < 4.78 is 22.4. The van der Waals surface area contributed by atoms with E-state index in [4.69, 9.17) is 4.74 Å². The molecule has 0 unspecified atom stereocenters. The summed E-state index contributed by atoms with van der Waals surface area (Å²) in [6.45, 7) is 0. The number of ether oxygens (including phenoxy) is 1. The van der Waals surface area contributed by atoms with Crippen LogP contribution in [0.4, 0.5) is 21.5 Å². The number of hydrogen-bond donors (Lipinski definition) is 0. The molecular weight excluding hydrogens is 760 g/mol. The van der Waals surface area contributed by atoms with E-state index < -0.39 is 0 Å². The number of benzene rings is 10. The molecule has 0 bridgehead atoms. The van der Waals surface area contributed by atoms with Crippen LogP contribution in [-0.4, -0.2) is 4.57 Å². The van der Waals surface area contributed by atoms with E-state index in [1.165, 1.54) is 34.0 Å². The maximum Gasteiger partial charge on any atom is 0.135 e. The normalized spacial score (nSPS) is 11.8. The van der Waals surface area contributed by atoms with Crippen molar-refractivity contribution < 1.29 is 9.13 Å². The minimum Gasteiger partial charge on any atom is -0.456 e. The summed E-state index contributed by atoms with van der Waals surface area (Å²) in [5, 5.41) is 4.66. The summed E-state index contributed by atoms with van der Waals surface area (Å²) in [7, 11) is 0. The lowest BCUT2D eigenvalue weighted by Crippen LogP contribution is -2.09. The third-order valence-electron chi connectivity index (χ3n) is 12.3. The van der Waals surface area contributed by atoms with Gasteiger partial charge in [0.1, 0.15) is 17.3 Å². The zero-order chi connectivity index (χ0) is 41.1. The van der Waals surface area contributed by atoms with E-state index in [-0.39, 0.29) is 5.82 Å². The largest absolute Gasteiger partial charge is 0.456 e. The number of hydrogen-bond acceptors (Lipinski definition) is 2. The van der Waals surface area contributed by atoms with Crippen molar-refractivity contribution in [2.24, 2.45) is 0 Å². The smallest absolute Gasteiger partial charge is 0.135 e. The quantitative estimate of drug-likeness (QED) is 0.160. The Bertz CT molecular complexity index is 3460. The maximum atomic E-state index is 13.8. The van der Waals surface area contributed by atoms with Crippen LogP contribution in [0.5, 0.6) is 11.5 Å². The second-order valence-corrected chi connectivity index (χ2v) is 15.8. The summed E-state index contributed by atoms with van der Waals surface area (Å²) in [6.07, 6.45) is 0. The molecule has 4 heteroatoms. The highest BCUT2D eigenvalue weighted by atomic mass is 19.1. The van der Waals surface area contributed by atoms with Crippen molar-refractivity contribution in [1.29, 1.82) is 0 Å². The molecule has 0 saturated heterocycles. The van der Waals surface area contributed by atoms with Gasteiger partial charge in [-0.05, 0) is 135 Å². The number of nitrogens with zero attached hydrogens (tertiary/aromatic N) is 2. The number of aromatic nitrogens is 1. The van der Waals surface area contributed by atoms with Crippen molar-refractivity contribution in [2.75, 3.05) is 4.90 Å². The van der Waals surface area contributed by atoms with Crippen LogP contribution in [0.15, 0.2) is 224 Å². The highest BCUT2D eigenvalue weighted by molar-refractivity contribution is 6.11. The van der Waals surface area contributed by atoms with Gasteiger partial charge in [-0.3, -0.25) is 0 Å². The number of fused-ring (bicyclic) bond motifs is 5. The van der Waals surface area contributed by atoms with Gasteiger partial charge in [0.15, 0.2) is 0 Å². The third kappa shape index (κ3) is 5.95. The van der Waals surface area contributed by atoms with Crippen LogP contribution in [0.1, 0.15) is 0 Å². The van der Waals surface area contributed by atoms with Gasteiger partial charge in [0.25, 0.3) is 0 Å². The zero-order valence-electron chi connectivity index (χ0n) is 33.5. The Balaban J connectivity index is 0.842. The molecule has 1 aromatic heterocycles. The van der Waals surface area contributed by atoms with E-state index in [9.17, 15) is 4.39 Å². The molecule has 1 aliphatic heterocycles. The van der Waals surface area contributed by atoms with Crippen molar-refractivity contribution in [3.8, 4) is 61.7 Å². The second-order valence-electron chi connectivity index (χ2n) is 15.8. The van der Waals surface area contributed by atoms with Crippen LogP contribution >= 0.6 is 0 Å². The van der Waals surface area contributed by atoms with Crippen molar-refractivity contribution in [2.45, 2.75) is 0 Å². The summed E-state index contributed by atoms with van der Waals surface area (Å²) in [4.78, 5) is 2.31. The van der Waals surface area contributed by atoms with E-state index in [1.807, 2.05) is 24.3 Å². The van der Waals surface area contributed by atoms with Gasteiger partial charge in [0.05, 0.1) is 11.0 Å². The van der Waals surface area contributed by atoms with Crippen LogP contribution in [0.25, 0.3) is 82.8 Å². The Morgan fingerprint density at radius 1 is 0.355 bits per heavy atom. The summed E-state index contributed by atoms with van der Waals surface area (Å²) in [6, 6.07) is 77.9. The number of para-hydroxylation sites is 3. The Hall–Kier alpha value is -8.21. The molecule has 0 saturated carbocycles. The summed E-state index contributed by atoms with van der Waals surface area (Å²) in [5.41, 5.74) is 15.6. The van der Waals surface area contributed by atoms with E-state index >= 15 is 0 Å². The lowest BCUT2D eigenvalue weighted by atomic mass is 9.90. The fourth-order valence-corrected chi connectivity index (χ4v) is 9.32. The first kappa shape index (κ1) is 35.7. The third-order valence-corrected chi connectivity index (χ3v) is 12.3. The van der Waals surface area contributed by atoms with Gasteiger partial charge in [0, 0.05) is 44.5 Å². The van der Waals surface area contributed by atoms with Crippen LogP contribution in [-0.2, 0) is 0 Å². The van der Waals surface area contributed by atoms with E-state index in [2.05, 4.69) is 198 Å². The molecule has 12 rings (SSSR count). The maximum absolute atomic E-state index is 13.8. The predicted octanol–water partition coefficient (Wildman–Crippen LogP) is 16.3. The lowest BCUT2D eigenvalue weighted by molar-refractivity contribution is 0.487. The Labute approximate surface area is 358 Å². The molecule has 0 amide bonds. The standard InChI is InChI=1S/C58H37FN2O/c59-43-26-32-47(33-27-43)61-54-14-6-4-11-49(54)53-37-42(25-36-55(53)61)40-19-17-38(18-20-40)39-21-28-45(29-22-39)60(44-9-2-1-3-10-44)46-30-23-41(24-31-46)48-34-35-52-50-12-5-7-15-56(50)62-57-16-8-13-51(48)58(52)57/h1-37H.